The smallest absolute Gasteiger partial charge is 0.252 e. The minimum absolute atomic E-state index is 0.249. The third kappa shape index (κ3) is 2.11. The van der Waals surface area contributed by atoms with Gasteiger partial charge in [-0.05, 0) is 32.9 Å². The van der Waals surface area contributed by atoms with Gasteiger partial charge in [0.05, 0.1) is 23.0 Å². The number of rotatable bonds is 2. The van der Waals surface area contributed by atoms with Crippen molar-refractivity contribution >= 4 is 5.91 Å². The van der Waals surface area contributed by atoms with E-state index in [4.69, 9.17) is 5.73 Å². The lowest BCUT2D eigenvalue weighted by atomic mass is 10.1. The molecule has 1 amide bonds. The third-order valence-corrected chi connectivity index (χ3v) is 2.58. The topological polar surface area (TPSA) is 73.8 Å². The Bertz CT molecular complexity index is 566. The van der Waals surface area contributed by atoms with Gasteiger partial charge in [0.1, 0.15) is 5.69 Å². The van der Waals surface area contributed by atoms with Crippen LogP contribution in [0.4, 0.5) is 0 Å². The Kier molecular flexibility index (Phi) is 2.90. The van der Waals surface area contributed by atoms with Gasteiger partial charge in [-0.3, -0.25) is 14.5 Å². The Hall–Kier alpha value is -2.17. The third-order valence-electron chi connectivity index (χ3n) is 2.58. The minimum Gasteiger partial charge on any atom is -0.365 e. The van der Waals surface area contributed by atoms with Gasteiger partial charge >= 0.3 is 0 Å². The van der Waals surface area contributed by atoms with Gasteiger partial charge in [0, 0.05) is 6.20 Å². The van der Waals surface area contributed by atoms with E-state index >= 15 is 0 Å². The molecule has 0 saturated heterocycles. The first kappa shape index (κ1) is 12.3. The van der Waals surface area contributed by atoms with E-state index in [1.54, 1.807) is 10.9 Å². The van der Waals surface area contributed by atoms with Crippen LogP contribution in [0.15, 0.2) is 30.6 Å². The standard InChI is InChI=1S/C13H16N4O/c1-13(2,3)17-11(9(8-16-17)12(14)18)10-6-4-5-7-15-10/h4-8H,1-3H3,(H2,14,18). The number of amides is 1. The monoisotopic (exact) mass is 244 g/mol. The molecule has 0 unspecified atom stereocenters. The van der Waals surface area contributed by atoms with Crippen LogP contribution in [0, 0.1) is 0 Å². The number of aromatic nitrogens is 3. The van der Waals surface area contributed by atoms with Gasteiger partial charge in [-0.2, -0.15) is 5.10 Å². The molecule has 0 saturated carbocycles. The number of carbonyl (C=O) groups is 1. The van der Waals surface area contributed by atoms with Crippen molar-refractivity contribution in [2.45, 2.75) is 26.3 Å². The molecule has 0 aromatic carbocycles. The SMILES string of the molecule is CC(C)(C)n1ncc(C(N)=O)c1-c1ccccn1. The second kappa shape index (κ2) is 4.25. The summed E-state index contributed by atoms with van der Waals surface area (Å²) in [5.74, 6) is -0.494. The number of pyridine rings is 1. The first-order valence-electron chi connectivity index (χ1n) is 5.71. The molecule has 2 heterocycles. The van der Waals surface area contributed by atoms with E-state index in [-0.39, 0.29) is 5.54 Å². The van der Waals surface area contributed by atoms with Gasteiger partial charge < -0.3 is 5.73 Å². The molecule has 0 aliphatic heterocycles. The molecule has 0 fully saturated rings. The van der Waals surface area contributed by atoms with Crippen LogP contribution in [-0.2, 0) is 5.54 Å². The molecule has 2 rings (SSSR count). The maximum atomic E-state index is 11.5. The summed E-state index contributed by atoms with van der Waals surface area (Å²) in [6.07, 6.45) is 3.18. The van der Waals surface area contributed by atoms with E-state index in [2.05, 4.69) is 10.1 Å². The second-order valence-corrected chi connectivity index (χ2v) is 5.07. The highest BCUT2D eigenvalue weighted by atomic mass is 16.1. The molecular weight excluding hydrogens is 228 g/mol. The second-order valence-electron chi connectivity index (χ2n) is 5.07. The molecule has 2 aromatic heterocycles. The van der Waals surface area contributed by atoms with Gasteiger partial charge in [0.25, 0.3) is 5.91 Å². The molecule has 2 N–H and O–H groups in total. The van der Waals surface area contributed by atoms with Crippen LogP contribution < -0.4 is 5.73 Å². The van der Waals surface area contributed by atoms with Crippen LogP contribution in [0.1, 0.15) is 31.1 Å². The highest BCUT2D eigenvalue weighted by molar-refractivity contribution is 5.98. The summed E-state index contributed by atoms with van der Waals surface area (Å²) in [5.41, 5.74) is 6.89. The molecule has 5 heteroatoms. The number of nitrogens with two attached hydrogens (primary N) is 1. The first-order chi connectivity index (χ1) is 8.41. The molecule has 2 aromatic rings. The Labute approximate surface area is 106 Å². The fraction of sp³-hybridized carbons (Fsp3) is 0.308. The molecule has 0 bridgehead atoms. The van der Waals surface area contributed by atoms with Crippen molar-refractivity contribution in [3.63, 3.8) is 0 Å². The number of carbonyl (C=O) groups excluding carboxylic acids is 1. The zero-order chi connectivity index (χ0) is 13.3. The Balaban J connectivity index is 2.70. The fourth-order valence-corrected chi connectivity index (χ4v) is 1.79. The summed E-state index contributed by atoms with van der Waals surface area (Å²) in [5, 5.41) is 4.26. The van der Waals surface area contributed by atoms with Crippen molar-refractivity contribution in [2.24, 2.45) is 5.73 Å². The number of hydrogen-bond donors (Lipinski definition) is 1. The molecule has 0 aliphatic carbocycles. The molecule has 0 aliphatic rings. The Morgan fingerprint density at radius 1 is 1.33 bits per heavy atom. The summed E-state index contributed by atoms with van der Waals surface area (Å²) in [6.45, 7) is 6.03. The van der Waals surface area contributed by atoms with Crippen molar-refractivity contribution in [3.8, 4) is 11.4 Å². The zero-order valence-electron chi connectivity index (χ0n) is 10.7. The quantitative estimate of drug-likeness (QED) is 0.875. The summed E-state index contributed by atoms with van der Waals surface area (Å²) in [6, 6.07) is 5.53. The summed E-state index contributed by atoms with van der Waals surface area (Å²) in [4.78, 5) is 15.7. The normalized spacial score (nSPS) is 11.5. The van der Waals surface area contributed by atoms with E-state index in [0.717, 1.165) is 0 Å². The molecular formula is C13H16N4O. The van der Waals surface area contributed by atoms with Crippen LogP contribution in [0.3, 0.4) is 0 Å². The lowest BCUT2D eigenvalue weighted by Gasteiger charge is -2.22. The van der Waals surface area contributed by atoms with Crippen LogP contribution in [0.5, 0.6) is 0 Å². The van der Waals surface area contributed by atoms with E-state index < -0.39 is 5.91 Å². The lowest BCUT2D eigenvalue weighted by Crippen LogP contribution is -2.25. The lowest BCUT2D eigenvalue weighted by molar-refractivity contribution is 0.100. The zero-order valence-corrected chi connectivity index (χ0v) is 10.7. The highest BCUT2D eigenvalue weighted by Gasteiger charge is 2.24. The largest absolute Gasteiger partial charge is 0.365 e. The summed E-state index contributed by atoms with van der Waals surface area (Å²) in [7, 11) is 0. The number of nitrogens with zero attached hydrogens (tertiary/aromatic N) is 3. The fourth-order valence-electron chi connectivity index (χ4n) is 1.79. The van der Waals surface area contributed by atoms with Gasteiger partial charge in [-0.1, -0.05) is 6.07 Å². The maximum absolute atomic E-state index is 11.5. The molecule has 5 nitrogen and oxygen atoms in total. The van der Waals surface area contributed by atoms with Crippen LogP contribution >= 0.6 is 0 Å². The van der Waals surface area contributed by atoms with Crippen LogP contribution in [-0.4, -0.2) is 20.7 Å². The maximum Gasteiger partial charge on any atom is 0.252 e. The highest BCUT2D eigenvalue weighted by Crippen LogP contribution is 2.27. The Morgan fingerprint density at radius 3 is 2.56 bits per heavy atom. The molecule has 94 valence electrons. The van der Waals surface area contributed by atoms with Gasteiger partial charge in [0.2, 0.25) is 0 Å². The van der Waals surface area contributed by atoms with E-state index in [0.29, 0.717) is 17.0 Å². The Morgan fingerprint density at radius 2 is 2.06 bits per heavy atom. The van der Waals surface area contributed by atoms with E-state index in [9.17, 15) is 4.79 Å². The summed E-state index contributed by atoms with van der Waals surface area (Å²) >= 11 is 0. The minimum atomic E-state index is -0.494. The molecule has 0 atom stereocenters. The van der Waals surface area contributed by atoms with Crippen molar-refractivity contribution in [2.75, 3.05) is 0 Å². The van der Waals surface area contributed by atoms with Crippen LogP contribution in [0.25, 0.3) is 11.4 Å². The summed E-state index contributed by atoms with van der Waals surface area (Å²) < 4.78 is 1.77. The van der Waals surface area contributed by atoms with Crippen molar-refractivity contribution in [1.82, 2.24) is 14.8 Å². The van der Waals surface area contributed by atoms with Gasteiger partial charge in [-0.15, -0.1) is 0 Å². The first-order valence-corrected chi connectivity index (χ1v) is 5.71. The van der Waals surface area contributed by atoms with Crippen LogP contribution in [0.2, 0.25) is 0 Å². The van der Waals surface area contributed by atoms with Crippen molar-refractivity contribution in [3.05, 3.63) is 36.2 Å². The molecule has 0 radical (unpaired) electrons. The number of hydrogen-bond acceptors (Lipinski definition) is 3. The average molecular weight is 244 g/mol. The predicted octanol–water partition coefficient (Wildman–Crippen LogP) is 1.80. The van der Waals surface area contributed by atoms with Gasteiger partial charge in [0.15, 0.2) is 0 Å². The van der Waals surface area contributed by atoms with Gasteiger partial charge in [-0.25, -0.2) is 0 Å². The van der Waals surface area contributed by atoms with Crippen molar-refractivity contribution in [1.29, 1.82) is 0 Å². The molecule has 18 heavy (non-hydrogen) atoms. The van der Waals surface area contributed by atoms with E-state index in [1.165, 1.54) is 6.20 Å². The number of primary amides is 1. The molecule has 0 spiro atoms. The predicted molar refractivity (Wildman–Crippen MR) is 69.0 cm³/mol. The van der Waals surface area contributed by atoms with E-state index in [1.807, 2.05) is 39.0 Å². The van der Waals surface area contributed by atoms with Crippen molar-refractivity contribution < 1.29 is 4.79 Å². The average Bonchev–Trinajstić information content (AvgIpc) is 2.74.